The summed E-state index contributed by atoms with van der Waals surface area (Å²) < 4.78 is 5.26. The highest BCUT2D eigenvalue weighted by atomic mass is 35.5. The third kappa shape index (κ3) is 1.75. The van der Waals surface area contributed by atoms with E-state index in [4.69, 9.17) is 26.9 Å². The van der Waals surface area contributed by atoms with Gasteiger partial charge in [0.1, 0.15) is 11.6 Å². The van der Waals surface area contributed by atoms with Crippen LogP contribution in [-0.4, -0.2) is 16.1 Å². The van der Waals surface area contributed by atoms with Crippen molar-refractivity contribution in [1.29, 1.82) is 0 Å². The van der Waals surface area contributed by atoms with Crippen LogP contribution in [0.1, 0.15) is 17.5 Å². The van der Waals surface area contributed by atoms with Gasteiger partial charge in [0, 0.05) is 23.6 Å². The van der Waals surface area contributed by atoms with Gasteiger partial charge in [-0.3, -0.25) is 4.79 Å². The highest BCUT2D eigenvalue weighted by Gasteiger charge is 2.19. The Labute approximate surface area is 95.8 Å². The third-order valence-corrected chi connectivity index (χ3v) is 2.54. The number of halogens is 1. The smallest absolute Gasteiger partial charge is 0.325 e. The standard InChI is InChI=1S/C10H9ClN2O3/c1-4-13-7-2-5(9(12)10(14)15)6(11)3-8(7)16-4/h2-3,9H,12H2,1H3,(H,14,15). The van der Waals surface area contributed by atoms with Crippen LogP contribution < -0.4 is 5.73 Å². The predicted octanol–water partition coefficient (Wildman–Crippen LogP) is 1.87. The van der Waals surface area contributed by atoms with Crippen molar-refractivity contribution >= 4 is 28.7 Å². The molecule has 0 fully saturated rings. The molecule has 0 aliphatic heterocycles. The number of carbonyl (C=O) groups is 1. The topological polar surface area (TPSA) is 89.3 Å². The molecule has 3 N–H and O–H groups in total. The van der Waals surface area contributed by atoms with Crippen LogP contribution in [0.3, 0.4) is 0 Å². The van der Waals surface area contributed by atoms with Crippen LogP contribution in [0.5, 0.6) is 0 Å². The molecule has 1 atom stereocenters. The molecule has 1 heterocycles. The summed E-state index contributed by atoms with van der Waals surface area (Å²) in [6.07, 6.45) is 0. The zero-order valence-corrected chi connectivity index (χ0v) is 9.15. The number of aromatic nitrogens is 1. The van der Waals surface area contributed by atoms with Gasteiger partial charge in [0.2, 0.25) is 0 Å². The number of aliphatic carboxylic acids is 1. The first-order valence-corrected chi connectivity index (χ1v) is 4.92. The second-order valence-electron chi connectivity index (χ2n) is 3.39. The number of carboxylic acid groups (broad SMARTS) is 1. The van der Waals surface area contributed by atoms with E-state index in [1.54, 1.807) is 6.92 Å². The summed E-state index contributed by atoms with van der Waals surface area (Å²) in [7, 11) is 0. The zero-order valence-electron chi connectivity index (χ0n) is 8.40. The van der Waals surface area contributed by atoms with Crippen LogP contribution in [0.4, 0.5) is 0 Å². The number of hydrogen-bond donors (Lipinski definition) is 2. The maximum absolute atomic E-state index is 10.8. The van der Waals surface area contributed by atoms with Crippen molar-refractivity contribution in [2.45, 2.75) is 13.0 Å². The van der Waals surface area contributed by atoms with Crippen molar-refractivity contribution in [3.05, 3.63) is 28.6 Å². The summed E-state index contributed by atoms with van der Waals surface area (Å²) in [6, 6.07) is 1.90. The number of nitrogens with zero attached hydrogens (tertiary/aromatic N) is 1. The molecular weight excluding hydrogens is 232 g/mol. The normalized spacial score (nSPS) is 12.9. The van der Waals surface area contributed by atoms with E-state index in [0.29, 0.717) is 22.6 Å². The Hall–Kier alpha value is -1.59. The van der Waals surface area contributed by atoms with Crippen molar-refractivity contribution in [1.82, 2.24) is 4.98 Å². The summed E-state index contributed by atoms with van der Waals surface area (Å²) in [5.74, 6) is -0.645. The molecule has 0 radical (unpaired) electrons. The molecule has 1 aromatic heterocycles. The Morgan fingerprint density at radius 3 is 2.94 bits per heavy atom. The van der Waals surface area contributed by atoms with Gasteiger partial charge in [0.15, 0.2) is 11.5 Å². The second kappa shape index (κ2) is 3.77. The average molecular weight is 241 g/mol. The highest BCUT2D eigenvalue weighted by molar-refractivity contribution is 6.32. The molecule has 84 valence electrons. The van der Waals surface area contributed by atoms with E-state index >= 15 is 0 Å². The Kier molecular flexibility index (Phi) is 2.57. The SMILES string of the molecule is Cc1nc2cc(C(N)C(=O)O)c(Cl)cc2o1. The molecule has 0 aliphatic carbocycles. The maximum Gasteiger partial charge on any atom is 0.325 e. The fourth-order valence-electron chi connectivity index (χ4n) is 1.45. The minimum Gasteiger partial charge on any atom is -0.480 e. The number of aryl methyl sites for hydroxylation is 1. The lowest BCUT2D eigenvalue weighted by atomic mass is 10.1. The van der Waals surface area contributed by atoms with Gasteiger partial charge in [-0.2, -0.15) is 0 Å². The Morgan fingerprint density at radius 1 is 1.62 bits per heavy atom. The maximum atomic E-state index is 10.8. The number of rotatable bonds is 2. The molecule has 0 amide bonds. The molecule has 6 heteroatoms. The molecule has 5 nitrogen and oxygen atoms in total. The largest absolute Gasteiger partial charge is 0.480 e. The van der Waals surface area contributed by atoms with Gasteiger partial charge >= 0.3 is 5.97 Å². The number of carboxylic acids is 1. The Morgan fingerprint density at radius 2 is 2.31 bits per heavy atom. The van der Waals surface area contributed by atoms with E-state index < -0.39 is 12.0 Å². The van der Waals surface area contributed by atoms with Gasteiger partial charge in [0.05, 0.1) is 0 Å². The molecule has 0 aliphatic rings. The first-order valence-electron chi connectivity index (χ1n) is 4.54. The fraction of sp³-hybridized carbons (Fsp3) is 0.200. The van der Waals surface area contributed by atoms with Crippen LogP contribution in [0.2, 0.25) is 5.02 Å². The Balaban J connectivity index is 2.61. The van der Waals surface area contributed by atoms with E-state index in [1.165, 1.54) is 12.1 Å². The molecule has 0 saturated heterocycles. The molecule has 2 aromatic rings. The molecular formula is C10H9ClN2O3. The minimum absolute atomic E-state index is 0.263. The first-order chi connectivity index (χ1) is 7.49. The van der Waals surface area contributed by atoms with Gasteiger partial charge in [-0.1, -0.05) is 11.6 Å². The first kappa shape index (κ1) is 10.9. The second-order valence-corrected chi connectivity index (χ2v) is 3.80. The van der Waals surface area contributed by atoms with Gasteiger partial charge in [0.25, 0.3) is 0 Å². The summed E-state index contributed by atoms with van der Waals surface area (Å²) in [4.78, 5) is 14.8. The highest BCUT2D eigenvalue weighted by Crippen LogP contribution is 2.28. The molecule has 16 heavy (non-hydrogen) atoms. The summed E-state index contributed by atoms with van der Waals surface area (Å²) >= 11 is 5.92. The van der Waals surface area contributed by atoms with Gasteiger partial charge < -0.3 is 15.3 Å². The van der Waals surface area contributed by atoms with Crippen molar-refractivity contribution in [2.24, 2.45) is 5.73 Å². The van der Waals surface area contributed by atoms with E-state index in [2.05, 4.69) is 4.98 Å². The molecule has 2 rings (SSSR count). The van der Waals surface area contributed by atoms with Crippen LogP contribution in [0.25, 0.3) is 11.1 Å². The lowest BCUT2D eigenvalue weighted by Gasteiger charge is -2.08. The monoisotopic (exact) mass is 240 g/mol. The van der Waals surface area contributed by atoms with Crippen molar-refractivity contribution < 1.29 is 14.3 Å². The summed E-state index contributed by atoms with van der Waals surface area (Å²) in [6.45, 7) is 1.70. The summed E-state index contributed by atoms with van der Waals surface area (Å²) in [5.41, 5.74) is 6.89. The van der Waals surface area contributed by atoms with E-state index in [9.17, 15) is 4.79 Å². The molecule has 1 unspecified atom stereocenters. The lowest BCUT2D eigenvalue weighted by Crippen LogP contribution is -2.20. The van der Waals surface area contributed by atoms with E-state index in [1.807, 2.05) is 0 Å². The van der Waals surface area contributed by atoms with Crippen molar-refractivity contribution in [3.8, 4) is 0 Å². The average Bonchev–Trinajstić information content (AvgIpc) is 2.54. The molecule has 0 saturated carbocycles. The number of nitrogens with two attached hydrogens (primary N) is 1. The number of hydrogen-bond acceptors (Lipinski definition) is 4. The number of benzene rings is 1. The fourth-order valence-corrected chi connectivity index (χ4v) is 1.72. The van der Waals surface area contributed by atoms with Gasteiger partial charge in [-0.25, -0.2) is 4.98 Å². The molecule has 0 spiro atoms. The number of fused-ring (bicyclic) bond motifs is 1. The Bertz CT molecular complexity index is 564. The van der Waals surface area contributed by atoms with E-state index in [0.717, 1.165) is 0 Å². The molecule has 1 aromatic carbocycles. The van der Waals surface area contributed by atoms with Crippen LogP contribution in [0, 0.1) is 6.92 Å². The van der Waals surface area contributed by atoms with Crippen LogP contribution in [-0.2, 0) is 4.79 Å². The quantitative estimate of drug-likeness (QED) is 0.837. The minimum atomic E-state index is -1.16. The van der Waals surface area contributed by atoms with Crippen LogP contribution >= 0.6 is 11.6 Å². The van der Waals surface area contributed by atoms with Gasteiger partial charge in [-0.15, -0.1) is 0 Å². The third-order valence-electron chi connectivity index (χ3n) is 2.21. The number of oxazole rings is 1. The lowest BCUT2D eigenvalue weighted by molar-refractivity contribution is -0.138. The van der Waals surface area contributed by atoms with E-state index in [-0.39, 0.29) is 5.02 Å². The zero-order chi connectivity index (χ0) is 11.9. The van der Waals surface area contributed by atoms with Crippen LogP contribution in [0.15, 0.2) is 16.5 Å². The molecule has 0 bridgehead atoms. The summed E-state index contributed by atoms with van der Waals surface area (Å²) in [5, 5.41) is 9.07. The predicted molar refractivity (Wildman–Crippen MR) is 58.3 cm³/mol. The van der Waals surface area contributed by atoms with Crippen molar-refractivity contribution in [2.75, 3.05) is 0 Å². The van der Waals surface area contributed by atoms with Crippen molar-refractivity contribution in [3.63, 3.8) is 0 Å². The van der Waals surface area contributed by atoms with Gasteiger partial charge in [-0.05, 0) is 6.07 Å².